The van der Waals surface area contributed by atoms with Gasteiger partial charge in [-0.3, -0.25) is 4.79 Å². The van der Waals surface area contributed by atoms with Crippen molar-refractivity contribution >= 4 is 5.91 Å². The Hall–Kier alpha value is -1.62. The Bertz CT molecular complexity index is 417. The average Bonchev–Trinajstić information content (AvgIpc) is 2.32. The molecular weight excluding hydrogens is 223 g/mol. The summed E-state index contributed by atoms with van der Waals surface area (Å²) in [5.41, 5.74) is 5.29. The molecule has 17 heavy (non-hydrogen) atoms. The Morgan fingerprint density at radius 3 is 2.76 bits per heavy atom. The summed E-state index contributed by atoms with van der Waals surface area (Å²) in [5, 5.41) is 3.22. The summed E-state index contributed by atoms with van der Waals surface area (Å²) in [6, 6.07) is 3.83. The zero-order valence-electron chi connectivity index (χ0n) is 9.41. The lowest BCUT2D eigenvalue weighted by atomic mass is 10.1. The fraction of sp³-hybridized carbons (Fsp3) is 0.417. The average molecular weight is 238 g/mol. The first kappa shape index (κ1) is 11.9. The number of ether oxygens (including phenoxy) is 1. The molecule has 1 aromatic carbocycles. The first-order valence-electron chi connectivity index (χ1n) is 5.63. The fourth-order valence-electron chi connectivity index (χ4n) is 1.89. The summed E-state index contributed by atoms with van der Waals surface area (Å²) in [6.07, 6.45) is 1.80. The van der Waals surface area contributed by atoms with Crippen molar-refractivity contribution in [3.8, 4) is 5.75 Å². The Balaban J connectivity index is 2.16. The van der Waals surface area contributed by atoms with Gasteiger partial charge in [-0.05, 0) is 44.1 Å². The molecule has 1 saturated heterocycles. The van der Waals surface area contributed by atoms with Crippen LogP contribution in [0.15, 0.2) is 18.2 Å². The molecule has 0 bridgehead atoms. The molecule has 3 N–H and O–H groups in total. The molecular formula is C12H15FN2O2. The molecule has 1 heterocycles. The monoisotopic (exact) mass is 238 g/mol. The highest BCUT2D eigenvalue weighted by Crippen LogP contribution is 2.22. The van der Waals surface area contributed by atoms with E-state index in [9.17, 15) is 9.18 Å². The Labute approximate surface area is 98.9 Å². The number of halogens is 1. The lowest BCUT2D eigenvalue weighted by Gasteiger charge is -2.24. The second-order valence-electron chi connectivity index (χ2n) is 4.07. The molecule has 0 radical (unpaired) electrons. The van der Waals surface area contributed by atoms with Gasteiger partial charge in [0.15, 0.2) is 0 Å². The van der Waals surface area contributed by atoms with Crippen LogP contribution in [0.4, 0.5) is 4.39 Å². The van der Waals surface area contributed by atoms with Crippen LogP contribution in [0.1, 0.15) is 23.2 Å². The van der Waals surface area contributed by atoms with Crippen LogP contribution in [-0.4, -0.2) is 25.1 Å². The number of nitrogens with two attached hydrogens (primary N) is 1. The van der Waals surface area contributed by atoms with Crippen LogP contribution in [0.5, 0.6) is 5.75 Å². The summed E-state index contributed by atoms with van der Waals surface area (Å²) < 4.78 is 18.7. The van der Waals surface area contributed by atoms with Crippen LogP contribution in [0.25, 0.3) is 0 Å². The van der Waals surface area contributed by atoms with Crippen LogP contribution in [0.3, 0.4) is 0 Å². The van der Waals surface area contributed by atoms with Gasteiger partial charge in [-0.25, -0.2) is 4.39 Å². The van der Waals surface area contributed by atoms with E-state index in [2.05, 4.69) is 5.32 Å². The van der Waals surface area contributed by atoms with Crippen molar-refractivity contribution in [1.29, 1.82) is 0 Å². The number of carbonyl (C=O) groups excluding carboxylic acids is 1. The molecule has 0 aliphatic carbocycles. The summed E-state index contributed by atoms with van der Waals surface area (Å²) in [7, 11) is 0. The van der Waals surface area contributed by atoms with Crippen molar-refractivity contribution in [2.75, 3.05) is 13.1 Å². The normalized spacial score (nSPS) is 16.8. The van der Waals surface area contributed by atoms with Gasteiger partial charge in [0.25, 0.3) is 5.91 Å². The highest BCUT2D eigenvalue weighted by Gasteiger charge is 2.18. The molecule has 0 saturated carbocycles. The number of hydrogen-bond donors (Lipinski definition) is 2. The zero-order chi connectivity index (χ0) is 12.3. The molecule has 0 unspecified atom stereocenters. The minimum Gasteiger partial charge on any atom is -0.489 e. The van der Waals surface area contributed by atoms with E-state index < -0.39 is 11.7 Å². The fourth-order valence-corrected chi connectivity index (χ4v) is 1.89. The van der Waals surface area contributed by atoms with Gasteiger partial charge in [-0.2, -0.15) is 0 Å². The maximum atomic E-state index is 13.0. The molecule has 5 heteroatoms. The highest BCUT2D eigenvalue weighted by atomic mass is 19.1. The van der Waals surface area contributed by atoms with Crippen LogP contribution in [-0.2, 0) is 0 Å². The molecule has 0 spiro atoms. The van der Waals surface area contributed by atoms with E-state index in [-0.39, 0.29) is 11.7 Å². The lowest BCUT2D eigenvalue weighted by Crippen LogP contribution is -2.34. The molecule has 1 aliphatic rings. The van der Waals surface area contributed by atoms with Crippen LogP contribution in [0, 0.1) is 5.82 Å². The van der Waals surface area contributed by atoms with E-state index in [1.165, 1.54) is 12.1 Å². The van der Waals surface area contributed by atoms with Crippen molar-refractivity contribution in [3.63, 3.8) is 0 Å². The van der Waals surface area contributed by atoms with Crippen molar-refractivity contribution in [1.82, 2.24) is 5.32 Å². The number of nitrogens with one attached hydrogen (secondary N) is 1. The molecule has 0 atom stereocenters. The van der Waals surface area contributed by atoms with Gasteiger partial charge in [0.05, 0.1) is 5.56 Å². The maximum Gasteiger partial charge on any atom is 0.252 e. The van der Waals surface area contributed by atoms with Crippen LogP contribution >= 0.6 is 0 Å². The van der Waals surface area contributed by atoms with Crippen LogP contribution in [0.2, 0.25) is 0 Å². The predicted octanol–water partition coefficient (Wildman–Crippen LogP) is 1.06. The molecule has 0 aromatic heterocycles. The Morgan fingerprint density at radius 1 is 1.41 bits per heavy atom. The third-order valence-electron chi connectivity index (χ3n) is 2.79. The summed E-state index contributed by atoms with van der Waals surface area (Å²) in [5.74, 6) is -0.796. The molecule has 92 valence electrons. The quantitative estimate of drug-likeness (QED) is 0.827. The minimum absolute atomic E-state index is 0.0554. The van der Waals surface area contributed by atoms with E-state index in [0.717, 1.165) is 32.0 Å². The van der Waals surface area contributed by atoms with Crippen molar-refractivity contribution < 1.29 is 13.9 Å². The van der Waals surface area contributed by atoms with E-state index in [1.54, 1.807) is 0 Å². The van der Waals surface area contributed by atoms with Gasteiger partial charge in [-0.1, -0.05) is 0 Å². The molecule has 1 aliphatic heterocycles. The molecule has 1 fully saturated rings. The van der Waals surface area contributed by atoms with Gasteiger partial charge in [0.1, 0.15) is 17.7 Å². The highest BCUT2D eigenvalue weighted by molar-refractivity contribution is 5.95. The Kier molecular flexibility index (Phi) is 3.58. The van der Waals surface area contributed by atoms with E-state index in [4.69, 9.17) is 10.5 Å². The second kappa shape index (κ2) is 5.14. The SMILES string of the molecule is NC(=O)c1cc(F)ccc1OC1CCNCC1. The van der Waals surface area contributed by atoms with Gasteiger partial charge in [0.2, 0.25) is 0 Å². The standard InChI is InChI=1S/C12H15FN2O2/c13-8-1-2-11(10(7-8)12(14)16)17-9-3-5-15-6-4-9/h1-2,7,9,15H,3-6H2,(H2,14,16). The zero-order valence-corrected chi connectivity index (χ0v) is 9.41. The number of piperidine rings is 1. The summed E-state index contributed by atoms with van der Waals surface area (Å²) in [6.45, 7) is 1.77. The molecule has 1 amide bonds. The first-order valence-corrected chi connectivity index (χ1v) is 5.63. The van der Waals surface area contributed by atoms with Gasteiger partial charge < -0.3 is 15.8 Å². The number of carbonyl (C=O) groups is 1. The number of hydrogen-bond acceptors (Lipinski definition) is 3. The largest absolute Gasteiger partial charge is 0.489 e. The number of primary amides is 1. The molecule has 1 aromatic rings. The molecule has 4 nitrogen and oxygen atoms in total. The van der Waals surface area contributed by atoms with Gasteiger partial charge in [-0.15, -0.1) is 0 Å². The lowest BCUT2D eigenvalue weighted by molar-refractivity contribution is 0.0989. The summed E-state index contributed by atoms with van der Waals surface area (Å²) in [4.78, 5) is 11.2. The van der Waals surface area contributed by atoms with Gasteiger partial charge in [0, 0.05) is 0 Å². The maximum absolute atomic E-state index is 13.0. The smallest absolute Gasteiger partial charge is 0.252 e. The second-order valence-corrected chi connectivity index (χ2v) is 4.07. The van der Waals surface area contributed by atoms with Crippen molar-refractivity contribution in [2.45, 2.75) is 18.9 Å². The molecule has 2 rings (SSSR count). The van der Waals surface area contributed by atoms with Crippen LogP contribution < -0.4 is 15.8 Å². The summed E-state index contributed by atoms with van der Waals surface area (Å²) >= 11 is 0. The minimum atomic E-state index is -0.673. The topological polar surface area (TPSA) is 64.4 Å². The predicted molar refractivity (Wildman–Crippen MR) is 61.4 cm³/mol. The number of amides is 1. The first-order chi connectivity index (χ1) is 8.16. The third kappa shape index (κ3) is 2.94. The van der Waals surface area contributed by atoms with Crippen molar-refractivity contribution in [3.05, 3.63) is 29.6 Å². The van der Waals surface area contributed by atoms with E-state index in [1.807, 2.05) is 0 Å². The van der Waals surface area contributed by atoms with E-state index in [0.29, 0.717) is 5.75 Å². The van der Waals surface area contributed by atoms with E-state index >= 15 is 0 Å². The van der Waals surface area contributed by atoms with Gasteiger partial charge >= 0.3 is 0 Å². The third-order valence-corrected chi connectivity index (χ3v) is 2.79. The Morgan fingerprint density at radius 2 is 2.12 bits per heavy atom. The number of rotatable bonds is 3. The van der Waals surface area contributed by atoms with Crippen molar-refractivity contribution in [2.24, 2.45) is 5.73 Å². The number of benzene rings is 1.